The standard InChI is InChI=1S/C24H25BrFN5O/c1-3-19-16(2)27-22(17-7-6-8-18(26)15-17)29-23(19)30-11-13-31(14-12-30)24(32)28-21-10-5-4-9-20(21)25/h4-10,15H,3,11-14H2,1-2H3,(H,28,32). The Morgan fingerprint density at radius 3 is 2.53 bits per heavy atom. The molecule has 0 aliphatic carbocycles. The van der Waals surface area contributed by atoms with Crippen molar-refractivity contribution in [3.8, 4) is 11.4 Å². The highest BCUT2D eigenvalue weighted by molar-refractivity contribution is 9.10. The molecule has 3 aromatic rings. The molecule has 8 heteroatoms. The van der Waals surface area contributed by atoms with Crippen LogP contribution in [0, 0.1) is 12.7 Å². The average Bonchev–Trinajstić information content (AvgIpc) is 2.80. The molecule has 0 unspecified atom stereocenters. The van der Waals surface area contributed by atoms with Crippen molar-refractivity contribution in [3.05, 3.63) is 70.1 Å². The zero-order valence-electron chi connectivity index (χ0n) is 18.1. The number of benzene rings is 2. The third kappa shape index (κ3) is 4.75. The summed E-state index contributed by atoms with van der Waals surface area (Å²) in [7, 11) is 0. The topological polar surface area (TPSA) is 61.4 Å². The molecule has 0 radical (unpaired) electrons. The summed E-state index contributed by atoms with van der Waals surface area (Å²) in [6.45, 7) is 6.53. The molecule has 0 bridgehead atoms. The van der Waals surface area contributed by atoms with Crippen LogP contribution in [0.3, 0.4) is 0 Å². The normalized spacial score (nSPS) is 13.9. The van der Waals surface area contributed by atoms with E-state index in [-0.39, 0.29) is 11.8 Å². The molecule has 1 aliphatic rings. The van der Waals surface area contributed by atoms with Gasteiger partial charge in [-0.1, -0.05) is 31.2 Å². The number of halogens is 2. The highest BCUT2D eigenvalue weighted by Gasteiger charge is 2.25. The third-order valence-electron chi connectivity index (χ3n) is 5.61. The van der Waals surface area contributed by atoms with Crippen LogP contribution in [0.5, 0.6) is 0 Å². The van der Waals surface area contributed by atoms with Gasteiger partial charge >= 0.3 is 6.03 Å². The van der Waals surface area contributed by atoms with Gasteiger partial charge in [0.25, 0.3) is 0 Å². The Hall–Kier alpha value is -3.00. The zero-order valence-corrected chi connectivity index (χ0v) is 19.7. The number of hydrogen-bond acceptors (Lipinski definition) is 4. The van der Waals surface area contributed by atoms with E-state index in [1.165, 1.54) is 12.1 Å². The van der Waals surface area contributed by atoms with Gasteiger partial charge in [-0.3, -0.25) is 0 Å². The Kier molecular flexibility index (Phi) is 6.69. The van der Waals surface area contributed by atoms with E-state index in [9.17, 15) is 9.18 Å². The molecule has 0 atom stereocenters. The first kappa shape index (κ1) is 22.2. The van der Waals surface area contributed by atoms with Crippen molar-refractivity contribution >= 4 is 33.5 Å². The van der Waals surface area contributed by atoms with Crippen LogP contribution < -0.4 is 10.2 Å². The molecule has 2 aromatic carbocycles. The van der Waals surface area contributed by atoms with E-state index < -0.39 is 0 Å². The van der Waals surface area contributed by atoms with E-state index in [1.54, 1.807) is 6.07 Å². The number of urea groups is 1. The Morgan fingerprint density at radius 1 is 1.09 bits per heavy atom. The van der Waals surface area contributed by atoms with Crippen molar-refractivity contribution in [2.45, 2.75) is 20.3 Å². The van der Waals surface area contributed by atoms with Crippen molar-refractivity contribution in [2.75, 3.05) is 36.4 Å². The second kappa shape index (κ2) is 9.65. The average molecular weight is 498 g/mol. The van der Waals surface area contributed by atoms with Crippen LogP contribution in [0.4, 0.5) is 20.7 Å². The Balaban J connectivity index is 1.51. The predicted octanol–water partition coefficient (Wildman–Crippen LogP) is 5.27. The molecule has 1 N–H and O–H groups in total. The van der Waals surface area contributed by atoms with Crippen LogP contribution in [0.1, 0.15) is 18.2 Å². The van der Waals surface area contributed by atoms with Crippen LogP contribution >= 0.6 is 15.9 Å². The molecular weight excluding hydrogens is 473 g/mol. The number of carbonyl (C=O) groups is 1. The summed E-state index contributed by atoms with van der Waals surface area (Å²) in [5, 5.41) is 2.96. The Bertz CT molecular complexity index is 1130. The molecule has 2 amide bonds. The first-order chi connectivity index (χ1) is 15.5. The van der Waals surface area contributed by atoms with Crippen LogP contribution in [0.15, 0.2) is 53.0 Å². The van der Waals surface area contributed by atoms with Crippen molar-refractivity contribution in [1.82, 2.24) is 14.9 Å². The maximum Gasteiger partial charge on any atom is 0.321 e. The molecule has 0 spiro atoms. The largest absolute Gasteiger partial charge is 0.353 e. The summed E-state index contributed by atoms with van der Waals surface area (Å²) in [5.74, 6) is 1.07. The van der Waals surface area contributed by atoms with Gasteiger partial charge < -0.3 is 15.1 Å². The molecule has 1 fully saturated rings. The van der Waals surface area contributed by atoms with E-state index in [0.29, 0.717) is 37.6 Å². The van der Waals surface area contributed by atoms with Gasteiger partial charge in [-0.15, -0.1) is 0 Å². The van der Waals surface area contributed by atoms with Crippen molar-refractivity contribution in [1.29, 1.82) is 0 Å². The monoisotopic (exact) mass is 497 g/mol. The second-order valence-corrected chi connectivity index (χ2v) is 8.54. The van der Waals surface area contributed by atoms with Gasteiger partial charge in [0.2, 0.25) is 0 Å². The van der Waals surface area contributed by atoms with Crippen molar-refractivity contribution in [2.24, 2.45) is 0 Å². The van der Waals surface area contributed by atoms with E-state index >= 15 is 0 Å². The Morgan fingerprint density at radius 2 is 1.84 bits per heavy atom. The molecular formula is C24H25BrFN5O. The fourth-order valence-corrected chi connectivity index (χ4v) is 4.28. The van der Waals surface area contributed by atoms with Crippen LogP contribution in [-0.2, 0) is 6.42 Å². The number of para-hydroxylation sites is 1. The van der Waals surface area contributed by atoms with Crippen LogP contribution in [-0.4, -0.2) is 47.1 Å². The lowest BCUT2D eigenvalue weighted by molar-refractivity contribution is 0.208. The summed E-state index contributed by atoms with van der Waals surface area (Å²) >= 11 is 3.46. The van der Waals surface area contributed by atoms with Crippen LogP contribution in [0.25, 0.3) is 11.4 Å². The number of amides is 2. The van der Waals surface area contributed by atoms with Crippen LogP contribution in [0.2, 0.25) is 0 Å². The fraction of sp³-hybridized carbons (Fsp3) is 0.292. The number of anilines is 2. The van der Waals surface area contributed by atoms with Gasteiger partial charge in [0.1, 0.15) is 11.6 Å². The highest BCUT2D eigenvalue weighted by atomic mass is 79.9. The van der Waals surface area contributed by atoms with Gasteiger partial charge in [0.05, 0.1) is 5.69 Å². The maximum absolute atomic E-state index is 13.7. The van der Waals surface area contributed by atoms with Gasteiger partial charge in [0.15, 0.2) is 5.82 Å². The molecule has 4 rings (SSSR count). The van der Waals surface area contributed by atoms with E-state index in [1.807, 2.05) is 42.2 Å². The Labute approximate surface area is 195 Å². The molecule has 0 saturated carbocycles. The van der Waals surface area contributed by atoms with E-state index in [0.717, 1.165) is 33.7 Å². The number of nitrogens with one attached hydrogen (secondary N) is 1. The quantitative estimate of drug-likeness (QED) is 0.533. The lowest BCUT2D eigenvalue weighted by Gasteiger charge is -2.36. The van der Waals surface area contributed by atoms with Crippen molar-refractivity contribution < 1.29 is 9.18 Å². The summed E-state index contributed by atoms with van der Waals surface area (Å²) in [4.78, 5) is 26.2. The number of piperazine rings is 1. The third-order valence-corrected chi connectivity index (χ3v) is 6.30. The molecule has 2 heterocycles. The number of aromatic nitrogens is 2. The highest BCUT2D eigenvalue weighted by Crippen LogP contribution is 2.27. The minimum Gasteiger partial charge on any atom is -0.353 e. The predicted molar refractivity (Wildman–Crippen MR) is 128 cm³/mol. The molecule has 166 valence electrons. The summed E-state index contributed by atoms with van der Waals surface area (Å²) in [6.07, 6.45) is 0.799. The number of aryl methyl sites for hydroxylation is 1. The first-order valence-electron chi connectivity index (χ1n) is 10.6. The number of nitrogens with zero attached hydrogens (tertiary/aromatic N) is 4. The van der Waals surface area contributed by atoms with Gasteiger partial charge in [-0.2, -0.15) is 0 Å². The second-order valence-electron chi connectivity index (χ2n) is 7.68. The van der Waals surface area contributed by atoms with Gasteiger partial charge in [0, 0.05) is 47.5 Å². The number of carbonyl (C=O) groups excluding carboxylic acids is 1. The summed E-state index contributed by atoms with van der Waals surface area (Å²) < 4.78 is 14.6. The summed E-state index contributed by atoms with van der Waals surface area (Å²) in [6, 6.07) is 13.8. The zero-order chi connectivity index (χ0) is 22.7. The number of rotatable bonds is 4. The molecule has 1 aromatic heterocycles. The molecule has 1 aliphatic heterocycles. The number of hydrogen-bond donors (Lipinski definition) is 1. The molecule has 6 nitrogen and oxygen atoms in total. The first-order valence-corrected chi connectivity index (χ1v) is 11.4. The molecule has 32 heavy (non-hydrogen) atoms. The van der Waals surface area contributed by atoms with E-state index in [4.69, 9.17) is 4.98 Å². The maximum atomic E-state index is 13.7. The van der Waals surface area contributed by atoms with Gasteiger partial charge in [-0.25, -0.2) is 19.2 Å². The summed E-state index contributed by atoms with van der Waals surface area (Å²) in [5.41, 5.74) is 3.38. The SMILES string of the molecule is CCc1c(C)nc(-c2cccc(F)c2)nc1N1CCN(C(=O)Nc2ccccc2Br)CC1. The smallest absolute Gasteiger partial charge is 0.321 e. The van der Waals surface area contributed by atoms with Gasteiger partial charge in [-0.05, 0) is 53.5 Å². The van der Waals surface area contributed by atoms with E-state index in [2.05, 4.69) is 38.1 Å². The minimum atomic E-state index is -0.311. The minimum absolute atomic E-state index is 0.119. The van der Waals surface area contributed by atoms with Crippen molar-refractivity contribution in [3.63, 3.8) is 0 Å². The fourth-order valence-electron chi connectivity index (χ4n) is 3.89. The lowest BCUT2D eigenvalue weighted by atomic mass is 10.1. The lowest BCUT2D eigenvalue weighted by Crippen LogP contribution is -2.50. The molecule has 1 saturated heterocycles.